The Labute approximate surface area is 205 Å². The number of hydrogen-bond acceptors (Lipinski definition) is 4. The fourth-order valence-electron chi connectivity index (χ4n) is 4.52. The predicted molar refractivity (Wildman–Crippen MR) is 128 cm³/mol. The number of halogens is 4. The molecule has 1 atom stereocenters. The highest BCUT2D eigenvalue weighted by atomic mass is 35.5. The molecule has 5 nitrogen and oxygen atoms in total. The number of fused-ring (bicyclic) bond motifs is 1. The van der Waals surface area contributed by atoms with Crippen molar-refractivity contribution in [2.45, 2.75) is 25.8 Å². The highest BCUT2D eigenvalue weighted by Gasteiger charge is 2.31. The van der Waals surface area contributed by atoms with Gasteiger partial charge in [0.05, 0.1) is 35.9 Å². The molecule has 0 N–H and O–H groups in total. The molecule has 0 radical (unpaired) electrons. The molecule has 9 heteroatoms. The maximum absolute atomic E-state index is 14.0. The molecule has 0 bridgehead atoms. The van der Waals surface area contributed by atoms with E-state index in [9.17, 15) is 13.2 Å². The average molecular weight is 499 g/mol. The summed E-state index contributed by atoms with van der Waals surface area (Å²) in [6, 6.07) is 7.55. The van der Waals surface area contributed by atoms with Crippen LogP contribution >= 0.6 is 11.6 Å². The van der Waals surface area contributed by atoms with Crippen molar-refractivity contribution in [3.8, 4) is 11.4 Å². The first-order chi connectivity index (χ1) is 16.8. The van der Waals surface area contributed by atoms with Crippen LogP contribution in [-0.2, 0) is 6.42 Å². The molecule has 3 heterocycles. The lowest BCUT2D eigenvalue weighted by Crippen LogP contribution is -2.38. The van der Waals surface area contributed by atoms with Gasteiger partial charge in [-0.05, 0) is 54.8 Å². The van der Waals surface area contributed by atoms with E-state index >= 15 is 0 Å². The second-order valence-corrected chi connectivity index (χ2v) is 8.94. The lowest BCUT2D eigenvalue weighted by Gasteiger charge is -2.38. The Kier molecular flexibility index (Phi) is 6.15. The molecule has 180 valence electrons. The minimum absolute atomic E-state index is 0.331. The Morgan fingerprint density at radius 3 is 2.60 bits per heavy atom. The zero-order valence-electron chi connectivity index (χ0n) is 19.1. The van der Waals surface area contributed by atoms with E-state index in [2.05, 4.69) is 9.98 Å². The summed E-state index contributed by atoms with van der Waals surface area (Å²) in [5.41, 5.74) is 3.93. The fraction of sp³-hybridized carbons (Fsp3) is 0.231. The summed E-state index contributed by atoms with van der Waals surface area (Å²) in [4.78, 5) is 10.8. The Bertz CT molecular complexity index is 1370. The van der Waals surface area contributed by atoms with E-state index in [1.54, 1.807) is 19.6 Å². The van der Waals surface area contributed by atoms with E-state index in [0.29, 0.717) is 41.6 Å². The van der Waals surface area contributed by atoms with Gasteiger partial charge in [0.25, 0.3) is 0 Å². The Balaban J connectivity index is 1.45. The molecule has 2 aliphatic heterocycles. The molecule has 5 rings (SSSR count). The van der Waals surface area contributed by atoms with Gasteiger partial charge >= 0.3 is 0 Å². The van der Waals surface area contributed by atoms with Crippen molar-refractivity contribution in [3.05, 3.63) is 100 Å². The summed E-state index contributed by atoms with van der Waals surface area (Å²) in [7, 11) is 1.62. The lowest BCUT2D eigenvalue weighted by molar-refractivity contribution is 0.361. The van der Waals surface area contributed by atoms with Gasteiger partial charge in [-0.15, -0.1) is 0 Å². The smallest absolute Gasteiger partial charge is 0.194 e. The molecule has 2 aliphatic rings. The third-order valence-corrected chi connectivity index (χ3v) is 6.33. The van der Waals surface area contributed by atoms with Crippen molar-refractivity contribution in [3.63, 3.8) is 0 Å². The zero-order chi connectivity index (χ0) is 24.7. The van der Waals surface area contributed by atoms with Gasteiger partial charge in [-0.2, -0.15) is 0 Å². The summed E-state index contributed by atoms with van der Waals surface area (Å²) in [6.45, 7) is 2.38. The van der Waals surface area contributed by atoms with Crippen LogP contribution in [0.1, 0.15) is 29.3 Å². The van der Waals surface area contributed by atoms with Crippen LogP contribution < -0.4 is 4.74 Å². The SMILES string of the molecule is COc1cc(CC2=CC(Cl)=CN3C2=NCCC3c2cc(F)c(F)c(F)c2)ccc1-n1cnc(C)c1. The summed E-state index contributed by atoms with van der Waals surface area (Å²) in [5.74, 6) is -2.55. The quantitative estimate of drug-likeness (QED) is 0.404. The number of aromatic nitrogens is 2. The molecular formula is C26H22ClF3N4O. The van der Waals surface area contributed by atoms with Crippen molar-refractivity contribution in [2.75, 3.05) is 13.7 Å². The Morgan fingerprint density at radius 2 is 1.91 bits per heavy atom. The first kappa shape index (κ1) is 23.2. The van der Waals surface area contributed by atoms with Crippen LogP contribution in [0.4, 0.5) is 13.2 Å². The summed E-state index contributed by atoms with van der Waals surface area (Å²) < 4.78 is 49.0. The summed E-state index contributed by atoms with van der Waals surface area (Å²) in [5, 5.41) is 0.464. The molecule has 0 saturated carbocycles. The molecule has 35 heavy (non-hydrogen) atoms. The van der Waals surface area contributed by atoms with Crippen molar-refractivity contribution >= 4 is 17.4 Å². The highest BCUT2D eigenvalue weighted by molar-refractivity contribution is 6.32. The number of nitrogens with zero attached hydrogens (tertiary/aromatic N) is 4. The second-order valence-electron chi connectivity index (χ2n) is 8.50. The first-order valence-electron chi connectivity index (χ1n) is 11.1. The molecule has 1 unspecified atom stereocenters. The molecule has 0 fully saturated rings. The van der Waals surface area contributed by atoms with Gasteiger partial charge in [0.1, 0.15) is 11.6 Å². The van der Waals surface area contributed by atoms with E-state index in [4.69, 9.17) is 16.3 Å². The molecule has 0 aliphatic carbocycles. The van der Waals surface area contributed by atoms with Crippen LogP contribution in [0.5, 0.6) is 5.75 Å². The number of allylic oxidation sites excluding steroid dienone is 2. The van der Waals surface area contributed by atoms with Crippen molar-refractivity contribution < 1.29 is 17.9 Å². The number of imidazole rings is 1. The van der Waals surface area contributed by atoms with E-state index in [0.717, 1.165) is 34.7 Å². The van der Waals surface area contributed by atoms with Gasteiger partial charge in [0.2, 0.25) is 0 Å². The maximum Gasteiger partial charge on any atom is 0.194 e. The number of ether oxygens (including phenoxy) is 1. The van der Waals surface area contributed by atoms with Crippen LogP contribution in [0.15, 0.2) is 70.7 Å². The third kappa shape index (κ3) is 4.46. The van der Waals surface area contributed by atoms with Crippen LogP contribution in [0.25, 0.3) is 5.69 Å². The summed E-state index contributed by atoms with van der Waals surface area (Å²) >= 11 is 6.45. The number of benzene rings is 2. The number of methoxy groups -OCH3 is 1. The predicted octanol–water partition coefficient (Wildman–Crippen LogP) is 6.01. The van der Waals surface area contributed by atoms with Crippen LogP contribution in [0, 0.1) is 24.4 Å². The normalized spacial score (nSPS) is 17.5. The third-order valence-electron chi connectivity index (χ3n) is 6.13. The molecular weight excluding hydrogens is 477 g/mol. The lowest BCUT2D eigenvalue weighted by atomic mass is 9.94. The maximum atomic E-state index is 14.0. The van der Waals surface area contributed by atoms with Gasteiger partial charge in [0, 0.05) is 30.9 Å². The van der Waals surface area contributed by atoms with Crippen molar-refractivity contribution in [1.82, 2.24) is 14.5 Å². The summed E-state index contributed by atoms with van der Waals surface area (Å²) in [6.07, 6.45) is 8.20. The largest absolute Gasteiger partial charge is 0.495 e. The van der Waals surface area contributed by atoms with E-state index in [-0.39, 0.29) is 0 Å². The van der Waals surface area contributed by atoms with E-state index < -0.39 is 23.5 Å². The van der Waals surface area contributed by atoms with Crippen LogP contribution in [0.3, 0.4) is 0 Å². The zero-order valence-corrected chi connectivity index (χ0v) is 19.9. The van der Waals surface area contributed by atoms with Crippen molar-refractivity contribution in [1.29, 1.82) is 0 Å². The molecule has 0 saturated heterocycles. The number of amidine groups is 1. The minimum atomic E-state index is -1.48. The topological polar surface area (TPSA) is 42.6 Å². The van der Waals surface area contributed by atoms with Crippen molar-refractivity contribution in [2.24, 2.45) is 4.99 Å². The number of aliphatic imine (C=N–C) groups is 1. The number of aryl methyl sites for hydroxylation is 1. The Morgan fingerprint density at radius 1 is 1.14 bits per heavy atom. The van der Waals surface area contributed by atoms with Gasteiger partial charge in [0.15, 0.2) is 17.5 Å². The average Bonchev–Trinajstić information content (AvgIpc) is 3.27. The highest BCUT2D eigenvalue weighted by Crippen LogP contribution is 2.36. The second kappa shape index (κ2) is 9.26. The molecule has 3 aromatic rings. The van der Waals surface area contributed by atoms with E-state index in [1.807, 2.05) is 46.9 Å². The molecule has 1 aromatic heterocycles. The fourth-order valence-corrected chi connectivity index (χ4v) is 4.76. The van der Waals surface area contributed by atoms with Gasteiger partial charge in [-0.25, -0.2) is 18.2 Å². The van der Waals surface area contributed by atoms with Gasteiger partial charge < -0.3 is 14.2 Å². The molecule has 0 spiro atoms. The van der Waals surface area contributed by atoms with Gasteiger partial charge in [-0.3, -0.25) is 4.99 Å². The Hall–Kier alpha value is -3.52. The van der Waals surface area contributed by atoms with Gasteiger partial charge in [-0.1, -0.05) is 17.7 Å². The number of hydrogen-bond donors (Lipinski definition) is 0. The minimum Gasteiger partial charge on any atom is -0.495 e. The number of rotatable bonds is 5. The standard InChI is InChI=1S/C26H22ClF3N4O/c1-15-12-33(14-32-15)23-4-3-16(8-24(23)35-2)7-18-9-19(27)13-34-22(5-6-31-26(18)34)17-10-20(28)25(30)21(29)11-17/h3-4,8-14,22H,5-7H2,1-2H3. The van der Waals surface area contributed by atoms with Crippen LogP contribution in [0.2, 0.25) is 0 Å². The molecule has 2 aromatic carbocycles. The van der Waals surface area contributed by atoms with Crippen LogP contribution in [-0.4, -0.2) is 33.9 Å². The van der Waals surface area contributed by atoms with E-state index in [1.165, 1.54) is 0 Å². The monoisotopic (exact) mass is 498 g/mol. The first-order valence-corrected chi connectivity index (χ1v) is 11.4. The molecule has 0 amide bonds.